The fourth-order valence-corrected chi connectivity index (χ4v) is 1.61. The van der Waals surface area contributed by atoms with E-state index >= 15 is 0 Å². The number of anilines is 1. The number of carbonyl (C=O) groups is 1. The first-order valence-corrected chi connectivity index (χ1v) is 5.77. The zero-order valence-corrected chi connectivity index (χ0v) is 10.7. The highest BCUT2D eigenvalue weighted by molar-refractivity contribution is 5.90. The van der Waals surface area contributed by atoms with Crippen molar-refractivity contribution in [3.05, 3.63) is 33.4 Å². The van der Waals surface area contributed by atoms with E-state index in [0.29, 0.717) is 24.2 Å². The lowest BCUT2D eigenvalue weighted by Gasteiger charge is -2.11. The first-order valence-electron chi connectivity index (χ1n) is 5.77. The molecular weight excluding hydrogens is 252 g/mol. The maximum absolute atomic E-state index is 10.9. The molecular formula is C12H16N2O5. The third-order valence-corrected chi connectivity index (χ3v) is 2.70. The first-order chi connectivity index (χ1) is 8.82. The Hall–Kier alpha value is -2.15. The second kappa shape index (κ2) is 6.14. The quantitative estimate of drug-likeness (QED) is 0.535. The summed E-state index contributed by atoms with van der Waals surface area (Å²) in [6.07, 6.45) is -0.0321. The molecule has 1 unspecified atom stereocenters. The van der Waals surface area contributed by atoms with Crippen molar-refractivity contribution in [2.75, 3.05) is 11.9 Å². The van der Waals surface area contributed by atoms with E-state index < -0.39 is 17.0 Å². The van der Waals surface area contributed by atoms with E-state index in [1.54, 1.807) is 13.8 Å². The normalized spacial score (nSPS) is 11.9. The molecule has 19 heavy (non-hydrogen) atoms. The largest absolute Gasteiger partial charge is 0.478 e. The molecule has 0 fully saturated rings. The van der Waals surface area contributed by atoms with Gasteiger partial charge in [-0.2, -0.15) is 0 Å². The van der Waals surface area contributed by atoms with Gasteiger partial charge in [0.05, 0.1) is 16.6 Å². The lowest BCUT2D eigenvalue weighted by atomic mass is 10.1. The van der Waals surface area contributed by atoms with Crippen molar-refractivity contribution in [3.63, 3.8) is 0 Å². The lowest BCUT2D eigenvalue weighted by Crippen LogP contribution is -2.12. The van der Waals surface area contributed by atoms with Gasteiger partial charge >= 0.3 is 5.97 Å². The maximum atomic E-state index is 10.9. The predicted octanol–water partition coefficient (Wildman–Crippen LogP) is 1.78. The Morgan fingerprint density at radius 1 is 1.53 bits per heavy atom. The fourth-order valence-electron chi connectivity index (χ4n) is 1.61. The van der Waals surface area contributed by atoms with Crippen LogP contribution in [0.15, 0.2) is 12.1 Å². The molecule has 1 aromatic rings. The van der Waals surface area contributed by atoms with Crippen molar-refractivity contribution >= 4 is 17.3 Å². The molecule has 1 rings (SSSR count). The molecule has 0 amide bonds. The number of aromatic carboxylic acids is 1. The highest BCUT2D eigenvalue weighted by atomic mass is 16.6. The number of carboxylic acid groups (broad SMARTS) is 1. The Balaban J connectivity index is 3.07. The van der Waals surface area contributed by atoms with Crippen molar-refractivity contribution in [2.45, 2.75) is 26.4 Å². The van der Waals surface area contributed by atoms with E-state index in [1.165, 1.54) is 6.07 Å². The Morgan fingerprint density at radius 3 is 2.63 bits per heavy atom. The number of hydrogen-bond acceptors (Lipinski definition) is 5. The van der Waals surface area contributed by atoms with Crippen LogP contribution < -0.4 is 5.32 Å². The van der Waals surface area contributed by atoms with Gasteiger partial charge in [-0.05, 0) is 26.3 Å². The highest BCUT2D eigenvalue weighted by Gasteiger charge is 2.18. The van der Waals surface area contributed by atoms with E-state index in [2.05, 4.69) is 5.32 Å². The van der Waals surface area contributed by atoms with Gasteiger partial charge in [-0.15, -0.1) is 0 Å². The zero-order chi connectivity index (χ0) is 14.6. The van der Waals surface area contributed by atoms with Gasteiger partial charge in [0, 0.05) is 23.9 Å². The summed E-state index contributed by atoms with van der Waals surface area (Å²) in [6, 6.07) is 2.39. The minimum Gasteiger partial charge on any atom is -0.478 e. The van der Waals surface area contributed by atoms with Crippen molar-refractivity contribution in [1.29, 1.82) is 0 Å². The number of nitrogens with one attached hydrogen (secondary N) is 1. The number of aliphatic hydroxyl groups excluding tert-OH is 1. The van der Waals surface area contributed by atoms with Crippen LogP contribution in [0.25, 0.3) is 0 Å². The molecule has 0 saturated carbocycles. The molecule has 0 aromatic heterocycles. The fraction of sp³-hybridized carbons (Fsp3) is 0.417. The molecule has 0 heterocycles. The molecule has 1 aromatic carbocycles. The van der Waals surface area contributed by atoms with Gasteiger partial charge in [0.15, 0.2) is 0 Å². The van der Waals surface area contributed by atoms with Crippen molar-refractivity contribution in [1.82, 2.24) is 0 Å². The van der Waals surface area contributed by atoms with Crippen molar-refractivity contribution in [2.24, 2.45) is 0 Å². The number of nitrogens with zero attached hydrogens (tertiary/aromatic N) is 1. The number of nitro benzene ring substituents is 1. The summed E-state index contributed by atoms with van der Waals surface area (Å²) in [5.41, 5.74) is 0.393. The van der Waals surface area contributed by atoms with Gasteiger partial charge in [-0.3, -0.25) is 10.1 Å². The molecule has 0 bridgehead atoms. The maximum Gasteiger partial charge on any atom is 0.336 e. The number of benzene rings is 1. The molecule has 104 valence electrons. The monoisotopic (exact) mass is 268 g/mol. The van der Waals surface area contributed by atoms with E-state index in [9.17, 15) is 14.9 Å². The number of carboxylic acids is 1. The van der Waals surface area contributed by atoms with Gasteiger partial charge in [-0.1, -0.05) is 0 Å². The molecule has 3 N–H and O–H groups in total. The molecule has 1 atom stereocenters. The zero-order valence-electron chi connectivity index (χ0n) is 10.7. The Labute approximate surface area is 110 Å². The summed E-state index contributed by atoms with van der Waals surface area (Å²) < 4.78 is 0. The topological polar surface area (TPSA) is 113 Å². The molecule has 0 radical (unpaired) electrons. The Bertz CT molecular complexity index is 499. The summed E-state index contributed by atoms with van der Waals surface area (Å²) >= 11 is 0. The number of aliphatic hydroxyl groups is 1. The predicted molar refractivity (Wildman–Crippen MR) is 69.6 cm³/mol. The van der Waals surface area contributed by atoms with Gasteiger partial charge < -0.3 is 15.5 Å². The smallest absolute Gasteiger partial charge is 0.336 e. The van der Waals surface area contributed by atoms with Crippen LogP contribution in [0.5, 0.6) is 0 Å². The van der Waals surface area contributed by atoms with Crippen LogP contribution in [0.4, 0.5) is 11.4 Å². The summed E-state index contributed by atoms with van der Waals surface area (Å²) in [7, 11) is 0. The van der Waals surface area contributed by atoms with Crippen LogP contribution in [0.2, 0.25) is 0 Å². The number of hydrogen-bond donors (Lipinski definition) is 3. The average Bonchev–Trinajstić information content (AvgIpc) is 2.30. The van der Waals surface area contributed by atoms with Crippen LogP contribution in [0.3, 0.4) is 0 Å². The van der Waals surface area contributed by atoms with Gasteiger partial charge in [0.2, 0.25) is 0 Å². The van der Waals surface area contributed by atoms with Crippen LogP contribution in [0.1, 0.15) is 29.3 Å². The summed E-state index contributed by atoms with van der Waals surface area (Å²) in [5.74, 6) is -1.22. The average molecular weight is 268 g/mol. The molecule has 0 aliphatic carbocycles. The van der Waals surface area contributed by atoms with Gasteiger partial charge in [-0.25, -0.2) is 4.79 Å². The van der Waals surface area contributed by atoms with E-state index in [4.69, 9.17) is 10.2 Å². The summed E-state index contributed by atoms with van der Waals surface area (Å²) in [4.78, 5) is 21.2. The summed E-state index contributed by atoms with van der Waals surface area (Å²) in [6.45, 7) is 3.58. The Morgan fingerprint density at radius 2 is 2.16 bits per heavy atom. The van der Waals surface area contributed by atoms with E-state index in [1.807, 2.05) is 0 Å². The van der Waals surface area contributed by atoms with E-state index in [-0.39, 0.29) is 11.3 Å². The van der Waals surface area contributed by atoms with Gasteiger partial charge in [0.1, 0.15) is 0 Å². The van der Waals surface area contributed by atoms with E-state index in [0.717, 1.165) is 6.07 Å². The second-order valence-corrected chi connectivity index (χ2v) is 4.29. The van der Waals surface area contributed by atoms with Crippen molar-refractivity contribution in [3.8, 4) is 0 Å². The van der Waals surface area contributed by atoms with Crippen LogP contribution in [-0.4, -0.2) is 33.8 Å². The third-order valence-electron chi connectivity index (χ3n) is 2.70. The minimum absolute atomic E-state index is 0.142. The minimum atomic E-state index is -1.22. The van der Waals surface area contributed by atoms with Crippen LogP contribution in [0, 0.1) is 17.0 Å². The third kappa shape index (κ3) is 3.92. The molecule has 7 nitrogen and oxygen atoms in total. The number of rotatable bonds is 6. The van der Waals surface area contributed by atoms with Crippen molar-refractivity contribution < 1.29 is 19.9 Å². The van der Waals surface area contributed by atoms with Crippen LogP contribution >= 0.6 is 0 Å². The molecule has 0 aliphatic rings. The molecule has 0 saturated heterocycles. The lowest BCUT2D eigenvalue weighted by molar-refractivity contribution is -0.385. The summed E-state index contributed by atoms with van der Waals surface area (Å²) in [5, 5.41) is 31.9. The molecule has 7 heteroatoms. The Kier molecular flexibility index (Phi) is 4.82. The standard InChI is InChI=1S/C12H16N2O5/c1-7(15)3-4-13-10-5-9(12(16)17)6-11(8(10)2)14(18)19/h5-7,13,15H,3-4H2,1-2H3,(H,16,17). The van der Waals surface area contributed by atoms with Gasteiger partial charge in [0.25, 0.3) is 5.69 Å². The molecule has 0 aliphatic heterocycles. The first kappa shape index (κ1) is 14.9. The van der Waals surface area contributed by atoms with Crippen LogP contribution in [-0.2, 0) is 0 Å². The SMILES string of the molecule is Cc1c(NCCC(C)O)cc(C(=O)O)cc1[N+](=O)[O-]. The molecule has 0 spiro atoms. The highest BCUT2D eigenvalue weighted by Crippen LogP contribution is 2.27. The number of nitro groups is 1. The second-order valence-electron chi connectivity index (χ2n) is 4.29.